The number of benzene rings is 2. The number of amides is 2. The first kappa shape index (κ1) is 28.3. The number of nitriles is 1. The molecule has 1 fully saturated rings. The molecule has 0 unspecified atom stereocenters. The fraction of sp³-hybridized carbons (Fsp3) is 0.188. The van der Waals surface area contributed by atoms with Gasteiger partial charge in [0.05, 0.1) is 45.7 Å². The molecule has 1 aliphatic rings. The first-order chi connectivity index (χ1) is 21.0. The van der Waals surface area contributed by atoms with Crippen LogP contribution in [0.25, 0.3) is 0 Å². The van der Waals surface area contributed by atoms with Crippen LogP contribution in [0.1, 0.15) is 37.0 Å². The molecule has 2 amide bonds. The molecule has 0 spiro atoms. The molecule has 11 heteroatoms. The smallest absolute Gasteiger partial charge is 0.294 e. The lowest BCUT2D eigenvalue weighted by Gasteiger charge is -2.36. The molecule has 0 radical (unpaired) electrons. The molecule has 4 heterocycles. The van der Waals surface area contributed by atoms with Crippen LogP contribution in [-0.4, -0.2) is 52.4 Å². The number of furan rings is 1. The molecule has 0 N–H and O–H groups in total. The standard InChI is InChI=1S/C32H27ClN6O3S/c33-30-12-11-29(43-30)32(41)37-15-13-36(14-16-37)25-7-9-26(10-8-25)39(31(40)28-2-1-17-42-28)21-27-19-35-22-38(27)20-24-5-3-23(18-34)4-6-24/h1-12,17,19,22H,13-16,20-21H2. The molecule has 0 atom stereocenters. The number of carbonyl (C=O) groups is 2. The van der Waals surface area contributed by atoms with Gasteiger partial charge < -0.3 is 18.8 Å². The third-order valence-corrected chi connectivity index (χ3v) is 8.63. The Kier molecular flexibility index (Phi) is 8.27. The topological polar surface area (TPSA) is 98.6 Å². The van der Waals surface area contributed by atoms with Crippen molar-refractivity contribution >= 4 is 46.1 Å². The molecule has 216 valence electrons. The number of carbonyl (C=O) groups excluding carboxylic acids is 2. The average molecular weight is 611 g/mol. The molecule has 43 heavy (non-hydrogen) atoms. The fourth-order valence-electron chi connectivity index (χ4n) is 5.08. The largest absolute Gasteiger partial charge is 0.459 e. The Hall–Kier alpha value is -4.85. The molecule has 2 aromatic carbocycles. The van der Waals surface area contributed by atoms with Gasteiger partial charge in [-0.1, -0.05) is 23.7 Å². The van der Waals surface area contributed by atoms with Crippen LogP contribution in [0.15, 0.2) is 96.0 Å². The summed E-state index contributed by atoms with van der Waals surface area (Å²) in [5, 5.41) is 9.10. The Labute approximate surface area is 257 Å². The molecule has 0 aliphatic carbocycles. The van der Waals surface area contributed by atoms with E-state index in [0.717, 1.165) is 22.6 Å². The van der Waals surface area contributed by atoms with E-state index in [-0.39, 0.29) is 24.1 Å². The number of hydrogen-bond acceptors (Lipinski definition) is 7. The van der Waals surface area contributed by atoms with Crippen molar-refractivity contribution in [1.82, 2.24) is 14.5 Å². The number of anilines is 2. The summed E-state index contributed by atoms with van der Waals surface area (Å²) < 4.78 is 8.06. The molecule has 3 aromatic heterocycles. The molecule has 0 saturated carbocycles. The van der Waals surface area contributed by atoms with E-state index in [1.807, 2.05) is 45.9 Å². The predicted octanol–water partition coefficient (Wildman–Crippen LogP) is 5.92. The molecular weight excluding hydrogens is 584 g/mol. The van der Waals surface area contributed by atoms with Gasteiger partial charge >= 0.3 is 0 Å². The maximum absolute atomic E-state index is 13.6. The predicted molar refractivity (Wildman–Crippen MR) is 166 cm³/mol. The lowest BCUT2D eigenvalue weighted by molar-refractivity contribution is 0.0751. The maximum atomic E-state index is 13.6. The number of aromatic nitrogens is 2. The van der Waals surface area contributed by atoms with Gasteiger partial charge in [-0.25, -0.2) is 4.98 Å². The summed E-state index contributed by atoms with van der Waals surface area (Å²) in [5.74, 6) is -0.00265. The highest BCUT2D eigenvalue weighted by atomic mass is 35.5. The van der Waals surface area contributed by atoms with E-state index in [1.165, 1.54) is 17.6 Å². The van der Waals surface area contributed by atoms with Gasteiger partial charge in [-0.2, -0.15) is 5.26 Å². The highest BCUT2D eigenvalue weighted by molar-refractivity contribution is 7.17. The molecule has 1 aliphatic heterocycles. The molecule has 1 saturated heterocycles. The number of imidazole rings is 1. The van der Waals surface area contributed by atoms with E-state index in [0.29, 0.717) is 47.5 Å². The van der Waals surface area contributed by atoms with Crippen LogP contribution in [0.4, 0.5) is 11.4 Å². The summed E-state index contributed by atoms with van der Waals surface area (Å²) >= 11 is 7.32. The van der Waals surface area contributed by atoms with Crippen LogP contribution in [-0.2, 0) is 13.1 Å². The van der Waals surface area contributed by atoms with Crippen molar-refractivity contribution in [1.29, 1.82) is 5.26 Å². The number of hydrogen-bond donors (Lipinski definition) is 0. The van der Waals surface area contributed by atoms with Crippen molar-refractivity contribution in [2.24, 2.45) is 0 Å². The van der Waals surface area contributed by atoms with Gasteiger partial charge in [-0.15, -0.1) is 11.3 Å². The minimum absolute atomic E-state index is 0.0115. The molecular formula is C32H27ClN6O3S. The summed E-state index contributed by atoms with van der Waals surface area (Å²) in [6.07, 6.45) is 4.98. The van der Waals surface area contributed by atoms with Gasteiger partial charge in [0, 0.05) is 50.3 Å². The number of piperazine rings is 1. The number of nitrogens with zero attached hydrogens (tertiary/aromatic N) is 6. The van der Waals surface area contributed by atoms with Gasteiger partial charge in [0.15, 0.2) is 5.76 Å². The van der Waals surface area contributed by atoms with E-state index in [4.69, 9.17) is 21.3 Å². The van der Waals surface area contributed by atoms with Gasteiger partial charge in [0.1, 0.15) is 0 Å². The van der Waals surface area contributed by atoms with Crippen LogP contribution in [0.5, 0.6) is 0 Å². The lowest BCUT2D eigenvalue weighted by Crippen LogP contribution is -2.48. The van der Waals surface area contributed by atoms with Crippen molar-refractivity contribution < 1.29 is 14.0 Å². The van der Waals surface area contributed by atoms with Crippen LogP contribution in [0.3, 0.4) is 0 Å². The molecule has 6 rings (SSSR count). The minimum Gasteiger partial charge on any atom is -0.459 e. The highest BCUT2D eigenvalue weighted by Crippen LogP contribution is 2.27. The Bertz CT molecular complexity index is 1750. The lowest BCUT2D eigenvalue weighted by atomic mass is 10.1. The van der Waals surface area contributed by atoms with Crippen LogP contribution in [0.2, 0.25) is 4.34 Å². The van der Waals surface area contributed by atoms with Crippen LogP contribution < -0.4 is 9.80 Å². The van der Waals surface area contributed by atoms with E-state index in [1.54, 1.807) is 53.8 Å². The first-order valence-electron chi connectivity index (χ1n) is 13.7. The second-order valence-electron chi connectivity index (χ2n) is 10.1. The van der Waals surface area contributed by atoms with Crippen molar-refractivity contribution in [3.05, 3.63) is 123 Å². The van der Waals surface area contributed by atoms with Crippen molar-refractivity contribution in [2.45, 2.75) is 13.1 Å². The molecule has 9 nitrogen and oxygen atoms in total. The fourth-order valence-corrected chi connectivity index (χ4v) is 6.09. The van der Waals surface area contributed by atoms with E-state index in [2.05, 4.69) is 16.0 Å². The summed E-state index contributed by atoms with van der Waals surface area (Å²) in [5.41, 5.74) is 4.21. The average Bonchev–Trinajstić information content (AvgIpc) is 3.83. The first-order valence-corrected chi connectivity index (χ1v) is 14.9. The van der Waals surface area contributed by atoms with Gasteiger partial charge in [-0.3, -0.25) is 14.5 Å². The second kappa shape index (κ2) is 12.6. The summed E-state index contributed by atoms with van der Waals surface area (Å²) in [7, 11) is 0. The minimum atomic E-state index is -0.260. The van der Waals surface area contributed by atoms with Gasteiger partial charge in [-0.05, 0) is 66.2 Å². The van der Waals surface area contributed by atoms with E-state index >= 15 is 0 Å². The monoisotopic (exact) mass is 610 g/mol. The zero-order chi connectivity index (χ0) is 29.8. The van der Waals surface area contributed by atoms with Crippen LogP contribution >= 0.6 is 22.9 Å². The zero-order valence-electron chi connectivity index (χ0n) is 23.1. The maximum Gasteiger partial charge on any atom is 0.294 e. The highest BCUT2D eigenvalue weighted by Gasteiger charge is 2.25. The summed E-state index contributed by atoms with van der Waals surface area (Å²) in [6, 6.07) is 24.3. The quantitative estimate of drug-likeness (QED) is 0.216. The Morgan fingerprint density at radius 1 is 1.00 bits per heavy atom. The summed E-state index contributed by atoms with van der Waals surface area (Å²) in [4.78, 5) is 37.2. The molecule has 0 bridgehead atoms. The normalized spacial score (nSPS) is 13.1. The summed E-state index contributed by atoms with van der Waals surface area (Å²) in [6.45, 7) is 3.46. The second-order valence-corrected chi connectivity index (χ2v) is 11.8. The Morgan fingerprint density at radius 3 is 2.42 bits per heavy atom. The third kappa shape index (κ3) is 6.33. The van der Waals surface area contributed by atoms with Crippen molar-refractivity contribution in [3.8, 4) is 6.07 Å². The number of halogens is 1. The molecule has 5 aromatic rings. The Morgan fingerprint density at radius 2 is 1.77 bits per heavy atom. The van der Waals surface area contributed by atoms with Gasteiger partial charge in [0.2, 0.25) is 0 Å². The van der Waals surface area contributed by atoms with Gasteiger partial charge in [0.25, 0.3) is 11.8 Å². The van der Waals surface area contributed by atoms with E-state index in [9.17, 15) is 9.59 Å². The number of thiophene rings is 1. The van der Waals surface area contributed by atoms with Crippen molar-refractivity contribution in [2.75, 3.05) is 36.0 Å². The number of rotatable bonds is 8. The third-order valence-electron chi connectivity index (χ3n) is 7.41. The van der Waals surface area contributed by atoms with E-state index < -0.39 is 0 Å². The zero-order valence-corrected chi connectivity index (χ0v) is 24.7. The van der Waals surface area contributed by atoms with Crippen LogP contribution in [0, 0.1) is 11.3 Å². The van der Waals surface area contributed by atoms with Crippen molar-refractivity contribution in [3.63, 3.8) is 0 Å². The Balaban J connectivity index is 1.17. The SMILES string of the molecule is N#Cc1ccc(Cn2cncc2CN(C(=O)c2ccco2)c2ccc(N3CCN(C(=O)c4ccc(Cl)s4)CC3)cc2)cc1.